The number of carbonyl (C=O) groups is 1. The van der Waals surface area contributed by atoms with Crippen molar-refractivity contribution in [2.24, 2.45) is 5.73 Å². The zero-order valence-electron chi connectivity index (χ0n) is 11.0. The van der Waals surface area contributed by atoms with Crippen molar-refractivity contribution in [1.29, 1.82) is 0 Å². The summed E-state index contributed by atoms with van der Waals surface area (Å²) in [6, 6.07) is 8.15. The number of fused-ring (bicyclic) bond motifs is 1. The Morgan fingerprint density at radius 3 is 2.74 bits per heavy atom. The first-order valence-electron chi connectivity index (χ1n) is 7.10. The third-order valence-corrected chi connectivity index (χ3v) is 4.03. The number of hydrogen-bond acceptors (Lipinski definition) is 3. The van der Waals surface area contributed by atoms with Crippen LogP contribution in [0.25, 0.3) is 0 Å². The maximum atomic E-state index is 12.6. The minimum absolute atomic E-state index is 0.0797. The van der Waals surface area contributed by atoms with Crippen molar-refractivity contribution in [3.63, 3.8) is 0 Å². The second-order valence-electron chi connectivity index (χ2n) is 5.30. The highest BCUT2D eigenvalue weighted by Gasteiger charge is 2.38. The number of nitrogens with zero attached hydrogens (tertiary/aromatic N) is 1. The van der Waals surface area contributed by atoms with Crippen molar-refractivity contribution in [3.8, 4) is 5.75 Å². The molecule has 1 aromatic rings. The van der Waals surface area contributed by atoms with Crippen LogP contribution < -0.4 is 15.4 Å². The average Bonchev–Trinajstić information content (AvgIpc) is 2.94. The molecule has 0 saturated heterocycles. The molecule has 2 N–H and O–H groups in total. The largest absolute Gasteiger partial charge is 0.478 e. The van der Waals surface area contributed by atoms with E-state index in [4.69, 9.17) is 10.5 Å². The SMILES string of the molecule is NCCC1Oc2ccccc2N(C2CCCC2)C1=O. The van der Waals surface area contributed by atoms with Gasteiger partial charge in [-0.05, 0) is 31.5 Å². The minimum Gasteiger partial charge on any atom is -0.478 e. The topological polar surface area (TPSA) is 55.6 Å². The van der Waals surface area contributed by atoms with Gasteiger partial charge in [-0.15, -0.1) is 0 Å². The molecule has 4 heteroatoms. The number of anilines is 1. The van der Waals surface area contributed by atoms with Crippen LogP contribution in [-0.2, 0) is 4.79 Å². The lowest BCUT2D eigenvalue weighted by molar-refractivity contribution is -0.127. The van der Waals surface area contributed by atoms with Crippen molar-refractivity contribution in [1.82, 2.24) is 0 Å². The highest BCUT2D eigenvalue weighted by Crippen LogP contribution is 2.38. The molecule has 1 unspecified atom stereocenters. The number of rotatable bonds is 3. The van der Waals surface area contributed by atoms with E-state index >= 15 is 0 Å². The number of hydrogen-bond donors (Lipinski definition) is 1. The van der Waals surface area contributed by atoms with Crippen molar-refractivity contribution in [2.45, 2.75) is 44.2 Å². The molecule has 1 aliphatic heterocycles. The molecule has 1 amide bonds. The first-order chi connectivity index (χ1) is 9.31. The van der Waals surface area contributed by atoms with E-state index in [9.17, 15) is 4.79 Å². The van der Waals surface area contributed by atoms with E-state index in [2.05, 4.69) is 0 Å². The summed E-state index contributed by atoms with van der Waals surface area (Å²) >= 11 is 0. The Balaban J connectivity index is 1.96. The van der Waals surface area contributed by atoms with Crippen LogP contribution in [0.2, 0.25) is 0 Å². The summed E-state index contributed by atoms with van der Waals surface area (Å²) in [7, 11) is 0. The Labute approximate surface area is 113 Å². The number of amides is 1. The smallest absolute Gasteiger partial charge is 0.268 e. The van der Waals surface area contributed by atoms with Gasteiger partial charge in [0.05, 0.1) is 5.69 Å². The third-order valence-electron chi connectivity index (χ3n) is 4.03. The Morgan fingerprint density at radius 1 is 1.26 bits per heavy atom. The van der Waals surface area contributed by atoms with E-state index in [1.807, 2.05) is 29.2 Å². The molecular formula is C15H20N2O2. The minimum atomic E-state index is -0.416. The molecule has 4 nitrogen and oxygen atoms in total. The molecule has 1 atom stereocenters. The van der Waals surface area contributed by atoms with E-state index in [0.717, 1.165) is 24.3 Å². The number of carbonyl (C=O) groups excluding carboxylic acids is 1. The molecule has 1 saturated carbocycles. The molecule has 19 heavy (non-hydrogen) atoms. The average molecular weight is 260 g/mol. The lowest BCUT2D eigenvalue weighted by Crippen LogP contribution is -2.50. The quantitative estimate of drug-likeness (QED) is 0.905. The summed E-state index contributed by atoms with van der Waals surface area (Å²) in [6.07, 6.45) is 4.76. The van der Waals surface area contributed by atoms with Crippen molar-refractivity contribution in [3.05, 3.63) is 24.3 Å². The van der Waals surface area contributed by atoms with Crippen LogP contribution in [0.1, 0.15) is 32.1 Å². The predicted molar refractivity (Wildman–Crippen MR) is 74.3 cm³/mol. The fourth-order valence-electron chi connectivity index (χ4n) is 3.11. The van der Waals surface area contributed by atoms with Gasteiger partial charge >= 0.3 is 0 Å². The molecule has 2 aliphatic rings. The van der Waals surface area contributed by atoms with Gasteiger partial charge in [-0.1, -0.05) is 25.0 Å². The van der Waals surface area contributed by atoms with E-state index in [1.54, 1.807) is 0 Å². The Morgan fingerprint density at radius 2 is 2.00 bits per heavy atom. The summed E-state index contributed by atoms with van der Waals surface area (Å²) in [5.41, 5.74) is 6.51. The highest BCUT2D eigenvalue weighted by molar-refractivity contribution is 6.00. The zero-order valence-corrected chi connectivity index (χ0v) is 11.0. The Hall–Kier alpha value is -1.55. The molecule has 1 heterocycles. The second-order valence-corrected chi connectivity index (χ2v) is 5.30. The van der Waals surface area contributed by atoms with Gasteiger partial charge in [0.1, 0.15) is 5.75 Å². The van der Waals surface area contributed by atoms with E-state index in [0.29, 0.717) is 19.0 Å². The van der Waals surface area contributed by atoms with Gasteiger partial charge in [0.15, 0.2) is 6.10 Å². The molecule has 0 radical (unpaired) electrons. The second kappa shape index (κ2) is 5.21. The van der Waals surface area contributed by atoms with Gasteiger partial charge in [0.25, 0.3) is 5.91 Å². The van der Waals surface area contributed by atoms with Crippen LogP contribution in [0.15, 0.2) is 24.3 Å². The van der Waals surface area contributed by atoms with Crippen LogP contribution in [0.3, 0.4) is 0 Å². The van der Waals surface area contributed by atoms with Gasteiger partial charge in [-0.3, -0.25) is 4.79 Å². The third kappa shape index (κ3) is 2.21. The van der Waals surface area contributed by atoms with Crippen LogP contribution in [-0.4, -0.2) is 24.6 Å². The molecule has 1 fully saturated rings. The molecule has 1 aliphatic carbocycles. The molecule has 3 rings (SSSR count). The van der Waals surface area contributed by atoms with Crippen LogP contribution >= 0.6 is 0 Å². The summed E-state index contributed by atoms with van der Waals surface area (Å²) < 4.78 is 5.80. The number of nitrogens with two attached hydrogens (primary N) is 1. The van der Waals surface area contributed by atoms with Crippen LogP contribution in [0.5, 0.6) is 5.75 Å². The van der Waals surface area contributed by atoms with E-state index < -0.39 is 6.10 Å². The summed E-state index contributed by atoms with van der Waals surface area (Å²) in [5, 5.41) is 0. The van der Waals surface area contributed by atoms with E-state index in [1.165, 1.54) is 12.8 Å². The standard InChI is InChI=1S/C15H20N2O2/c16-10-9-14-15(18)17(11-5-1-2-6-11)12-7-3-4-8-13(12)19-14/h3-4,7-8,11,14H,1-2,5-6,9-10,16H2. The van der Waals surface area contributed by atoms with Gasteiger partial charge in [-0.25, -0.2) is 0 Å². The van der Waals surface area contributed by atoms with Gasteiger partial charge in [-0.2, -0.15) is 0 Å². The molecule has 0 aromatic heterocycles. The molecule has 1 aromatic carbocycles. The summed E-state index contributed by atoms with van der Waals surface area (Å²) in [5.74, 6) is 0.892. The van der Waals surface area contributed by atoms with Gasteiger partial charge in [0, 0.05) is 12.5 Å². The van der Waals surface area contributed by atoms with Crippen molar-refractivity contribution < 1.29 is 9.53 Å². The summed E-state index contributed by atoms with van der Waals surface area (Å²) in [4.78, 5) is 14.6. The van der Waals surface area contributed by atoms with E-state index in [-0.39, 0.29) is 5.91 Å². The zero-order chi connectivity index (χ0) is 13.2. The Bertz CT molecular complexity index is 469. The normalized spacial score (nSPS) is 23.3. The lowest BCUT2D eigenvalue weighted by atomic mass is 10.1. The van der Waals surface area contributed by atoms with Gasteiger partial charge in [0.2, 0.25) is 0 Å². The van der Waals surface area contributed by atoms with Crippen molar-refractivity contribution >= 4 is 11.6 Å². The maximum absolute atomic E-state index is 12.6. The lowest BCUT2D eigenvalue weighted by Gasteiger charge is -2.37. The van der Waals surface area contributed by atoms with Crippen LogP contribution in [0.4, 0.5) is 5.69 Å². The number of ether oxygens (including phenoxy) is 1. The first-order valence-corrected chi connectivity index (χ1v) is 7.10. The molecular weight excluding hydrogens is 240 g/mol. The number of para-hydroxylation sites is 2. The monoisotopic (exact) mass is 260 g/mol. The maximum Gasteiger partial charge on any atom is 0.268 e. The van der Waals surface area contributed by atoms with Crippen LogP contribution in [0, 0.1) is 0 Å². The highest BCUT2D eigenvalue weighted by atomic mass is 16.5. The molecule has 0 bridgehead atoms. The van der Waals surface area contributed by atoms with Crippen molar-refractivity contribution in [2.75, 3.05) is 11.4 Å². The fourth-order valence-corrected chi connectivity index (χ4v) is 3.11. The predicted octanol–water partition coefficient (Wildman–Crippen LogP) is 2.07. The summed E-state index contributed by atoms with van der Waals surface area (Å²) in [6.45, 7) is 0.469. The van der Waals surface area contributed by atoms with Gasteiger partial charge < -0.3 is 15.4 Å². The molecule has 102 valence electrons. The molecule has 0 spiro atoms. The first kappa shape index (κ1) is 12.5. The Kier molecular flexibility index (Phi) is 3.42. The number of benzene rings is 1. The fraction of sp³-hybridized carbons (Fsp3) is 0.533.